The second kappa shape index (κ2) is 7.25. The summed E-state index contributed by atoms with van der Waals surface area (Å²) in [6.45, 7) is 4.23. The second-order valence-electron chi connectivity index (χ2n) is 6.28. The van der Waals surface area contributed by atoms with E-state index in [4.69, 9.17) is 4.74 Å². The van der Waals surface area contributed by atoms with Gasteiger partial charge in [0, 0.05) is 24.8 Å². The zero-order chi connectivity index (χ0) is 13.6. The maximum Gasteiger partial charge on any atom is 0.234 e. The van der Waals surface area contributed by atoms with Gasteiger partial charge < -0.3 is 15.4 Å². The molecule has 2 N–H and O–H groups in total. The smallest absolute Gasteiger partial charge is 0.234 e. The van der Waals surface area contributed by atoms with E-state index in [9.17, 15) is 4.79 Å². The molecule has 110 valence electrons. The highest BCUT2D eigenvalue weighted by Gasteiger charge is 2.27. The van der Waals surface area contributed by atoms with Crippen molar-refractivity contribution >= 4 is 5.91 Å². The van der Waals surface area contributed by atoms with Crippen LogP contribution in [0.1, 0.15) is 58.3 Å². The molecule has 0 aromatic carbocycles. The van der Waals surface area contributed by atoms with Crippen LogP contribution in [-0.2, 0) is 9.53 Å². The quantitative estimate of drug-likeness (QED) is 0.767. The van der Waals surface area contributed by atoms with Crippen LogP contribution in [0.2, 0.25) is 0 Å². The topological polar surface area (TPSA) is 50.4 Å². The molecule has 1 amide bonds. The Bertz CT molecular complexity index is 280. The lowest BCUT2D eigenvalue weighted by molar-refractivity contribution is -0.121. The Kier molecular flexibility index (Phi) is 5.64. The standard InChI is InChI=1S/C15H28N2O2/c1-15(8-10-19-11-9-15)16-12-14(18)17-13-6-4-2-3-5-7-13/h13,16H,2-12H2,1H3,(H,17,18). The molecule has 19 heavy (non-hydrogen) atoms. The molecule has 0 unspecified atom stereocenters. The van der Waals surface area contributed by atoms with Gasteiger partial charge in [-0.05, 0) is 32.6 Å². The van der Waals surface area contributed by atoms with Crippen molar-refractivity contribution in [3.05, 3.63) is 0 Å². The highest BCUT2D eigenvalue weighted by molar-refractivity contribution is 5.78. The molecule has 1 aliphatic heterocycles. The van der Waals surface area contributed by atoms with E-state index >= 15 is 0 Å². The Labute approximate surface area is 116 Å². The van der Waals surface area contributed by atoms with Gasteiger partial charge in [-0.3, -0.25) is 4.79 Å². The Morgan fingerprint density at radius 2 is 1.79 bits per heavy atom. The van der Waals surface area contributed by atoms with E-state index in [-0.39, 0.29) is 11.4 Å². The van der Waals surface area contributed by atoms with E-state index in [1.54, 1.807) is 0 Å². The average molecular weight is 268 g/mol. The molecule has 0 bridgehead atoms. The molecule has 0 spiro atoms. The van der Waals surface area contributed by atoms with Crippen LogP contribution >= 0.6 is 0 Å². The van der Waals surface area contributed by atoms with Crippen molar-refractivity contribution in [3.63, 3.8) is 0 Å². The van der Waals surface area contributed by atoms with Gasteiger partial charge in [-0.25, -0.2) is 0 Å². The van der Waals surface area contributed by atoms with Crippen molar-refractivity contribution < 1.29 is 9.53 Å². The van der Waals surface area contributed by atoms with Crippen LogP contribution < -0.4 is 10.6 Å². The molecular formula is C15H28N2O2. The highest BCUT2D eigenvalue weighted by Crippen LogP contribution is 2.19. The fourth-order valence-electron chi connectivity index (χ4n) is 2.99. The summed E-state index contributed by atoms with van der Waals surface area (Å²) < 4.78 is 5.37. The van der Waals surface area contributed by atoms with Crippen LogP contribution in [-0.4, -0.2) is 37.2 Å². The lowest BCUT2D eigenvalue weighted by atomic mass is 9.92. The van der Waals surface area contributed by atoms with Crippen molar-refractivity contribution in [1.82, 2.24) is 10.6 Å². The van der Waals surface area contributed by atoms with Gasteiger partial charge >= 0.3 is 0 Å². The van der Waals surface area contributed by atoms with Crippen molar-refractivity contribution in [2.24, 2.45) is 0 Å². The molecule has 1 saturated heterocycles. The number of amides is 1. The van der Waals surface area contributed by atoms with Gasteiger partial charge in [0.25, 0.3) is 0 Å². The van der Waals surface area contributed by atoms with Gasteiger partial charge in [0.1, 0.15) is 0 Å². The van der Waals surface area contributed by atoms with Crippen molar-refractivity contribution in [3.8, 4) is 0 Å². The first-order chi connectivity index (χ1) is 9.18. The van der Waals surface area contributed by atoms with Crippen LogP contribution in [0.15, 0.2) is 0 Å². The van der Waals surface area contributed by atoms with Crippen molar-refractivity contribution in [2.45, 2.75) is 69.9 Å². The van der Waals surface area contributed by atoms with E-state index in [2.05, 4.69) is 17.6 Å². The lowest BCUT2D eigenvalue weighted by Crippen LogP contribution is -2.51. The summed E-state index contributed by atoms with van der Waals surface area (Å²) in [6, 6.07) is 0.402. The van der Waals surface area contributed by atoms with E-state index in [0.717, 1.165) is 38.9 Å². The fourth-order valence-corrected chi connectivity index (χ4v) is 2.99. The molecule has 4 nitrogen and oxygen atoms in total. The summed E-state index contributed by atoms with van der Waals surface area (Å²) >= 11 is 0. The summed E-state index contributed by atoms with van der Waals surface area (Å²) in [7, 11) is 0. The molecular weight excluding hydrogens is 240 g/mol. The monoisotopic (exact) mass is 268 g/mol. The minimum atomic E-state index is 0.0685. The minimum absolute atomic E-state index is 0.0685. The number of ether oxygens (including phenoxy) is 1. The molecule has 2 fully saturated rings. The first kappa shape index (κ1) is 14.8. The van der Waals surface area contributed by atoms with Gasteiger partial charge in [0.15, 0.2) is 0 Å². The third-order valence-corrected chi connectivity index (χ3v) is 4.49. The van der Waals surface area contributed by atoms with Crippen molar-refractivity contribution in [1.29, 1.82) is 0 Å². The maximum atomic E-state index is 12.0. The van der Waals surface area contributed by atoms with Gasteiger partial charge in [-0.1, -0.05) is 25.7 Å². The molecule has 4 heteroatoms. The SMILES string of the molecule is CC1(NCC(=O)NC2CCCCCC2)CCOCC1. The molecule has 2 rings (SSSR count). The Hall–Kier alpha value is -0.610. The number of carbonyl (C=O) groups is 1. The minimum Gasteiger partial charge on any atom is -0.381 e. The molecule has 1 saturated carbocycles. The third-order valence-electron chi connectivity index (χ3n) is 4.49. The molecule has 2 aliphatic rings. The van der Waals surface area contributed by atoms with Gasteiger partial charge in [-0.2, -0.15) is 0 Å². The first-order valence-corrected chi connectivity index (χ1v) is 7.80. The predicted molar refractivity (Wildman–Crippen MR) is 76.1 cm³/mol. The summed E-state index contributed by atoms with van der Waals surface area (Å²) in [5.74, 6) is 0.152. The summed E-state index contributed by atoms with van der Waals surface area (Å²) in [4.78, 5) is 12.0. The Morgan fingerprint density at radius 3 is 2.42 bits per heavy atom. The van der Waals surface area contributed by atoms with E-state index < -0.39 is 0 Å². The highest BCUT2D eigenvalue weighted by atomic mass is 16.5. The number of hydrogen-bond donors (Lipinski definition) is 2. The molecule has 0 radical (unpaired) electrons. The van der Waals surface area contributed by atoms with Crippen LogP contribution in [0.25, 0.3) is 0 Å². The zero-order valence-corrected chi connectivity index (χ0v) is 12.2. The molecule has 0 aromatic heterocycles. The summed E-state index contributed by atoms with van der Waals surface area (Å²) in [6.07, 6.45) is 9.44. The molecule has 1 aliphatic carbocycles. The third kappa shape index (κ3) is 5.11. The normalized spacial score (nSPS) is 24.7. The fraction of sp³-hybridized carbons (Fsp3) is 0.933. The second-order valence-corrected chi connectivity index (χ2v) is 6.28. The lowest BCUT2D eigenvalue weighted by Gasteiger charge is -2.34. The Morgan fingerprint density at radius 1 is 1.16 bits per heavy atom. The average Bonchev–Trinajstić information content (AvgIpc) is 2.66. The van der Waals surface area contributed by atoms with E-state index in [0.29, 0.717) is 12.6 Å². The van der Waals surface area contributed by atoms with Crippen LogP contribution in [0.5, 0.6) is 0 Å². The Balaban J connectivity index is 1.68. The van der Waals surface area contributed by atoms with Crippen LogP contribution in [0.4, 0.5) is 0 Å². The number of nitrogens with one attached hydrogen (secondary N) is 2. The van der Waals surface area contributed by atoms with E-state index in [1.165, 1.54) is 25.7 Å². The van der Waals surface area contributed by atoms with Gasteiger partial charge in [-0.15, -0.1) is 0 Å². The van der Waals surface area contributed by atoms with Crippen LogP contribution in [0.3, 0.4) is 0 Å². The molecule has 0 atom stereocenters. The maximum absolute atomic E-state index is 12.0. The van der Waals surface area contributed by atoms with E-state index in [1.807, 2.05) is 0 Å². The number of hydrogen-bond acceptors (Lipinski definition) is 3. The van der Waals surface area contributed by atoms with Crippen LogP contribution in [0, 0.1) is 0 Å². The van der Waals surface area contributed by atoms with Gasteiger partial charge in [0.2, 0.25) is 5.91 Å². The molecule has 0 aromatic rings. The number of carbonyl (C=O) groups excluding carboxylic acids is 1. The first-order valence-electron chi connectivity index (χ1n) is 7.80. The number of rotatable bonds is 4. The van der Waals surface area contributed by atoms with Gasteiger partial charge in [0.05, 0.1) is 6.54 Å². The predicted octanol–water partition coefficient (Wildman–Crippen LogP) is 1.98. The summed E-state index contributed by atoms with van der Waals surface area (Å²) in [5.41, 5.74) is 0.0685. The largest absolute Gasteiger partial charge is 0.381 e. The summed E-state index contributed by atoms with van der Waals surface area (Å²) in [5, 5.41) is 6.59. The molecule has 1 heterocycles. The zero-order valence-electron chi connectivity index (χ0n) is 12.2. The van der Waals surface area contributed by atoms with Crippen molar-refractivity contribution in [2.75, 3.05) is 19.8 Å².